The number of Topliss-reactive ketones (excluding diaryl/α,β-unsaturated/α-hetero) is 2. The lowest BCUT2D eigenvalue weighted by molar-refractivity contribution is -0.128. The van der Waals surface area contributed by atoms with E-state index >= 15 is 0 Å². The second-order valence-electron chi connectivity index (χ2n) is 8.71. The molecule has 1 aliphatic carbocycles. The number of ketones is 2. The molecule has 5 heteroatoms. The average Bonchev–Trinajstić information content (AvgIpc) is 2.62. The summed E-state index contributed by atoms with van der Waals surface area (Å²) >= 11 is 0. The molecule has 0 N–H and O–H groups in total. The summed E-state index contributed by atoms with van der Waals surface area (Å²) in [5, 5.41) is 0. The second kappa shape index (κ2) is 6.11. The van der Waals surface area contributed by atoms with Crippen LogP contribution in [-0.4, -0.2) is 37.2 Å². The van der Waals surface area contributed by atoms with Crippen molar-refractivity contribution in [3.63, 3.8) is 0 Å². The Bertz CT molecular complexity index is 867. The summed E-state index contributed by atoms with van der Waals surface area (Å²) < 4.78 is 11.0. The summed E-state index contributed by atoms with van der Waals surface area (Å²) in [7, 11) is 3.27. The van der Waals surface area contributed by atoms with E-state index in [1.54, 1.807) is 14.2 Å². The zero-order valence-electron chi connectivity index (χ0n) is 16.7. The highest BCUT2D eigenvalue weighted by molar-refractivity contribution is 6.22. The third-order valence-corrected chi connectivity index (χ3v) is 6.25. The molecule has 5 nitrogen and oxygen atoms in total. The van der Waals surface area contributed by atoms with Crippen molar-refractivity contribution in [3.05, 3.63) is 34.5 Å². The molecule has 2 aliphatic heterocycles. The first-order chi connectivity index (χ1) is 12.8. The van der Waals surface area contributed by atoms with Crippen LogP contribution < -0.4 is 9.47 Å². The quantitative estimate of drug-likeness (QED) is 0.747. The molecule has 0 radical (unpaired) electrons. The van der Waals surface area contributed by atoms with Gasteiger partial charge in [-0.1, -0.05) is 20.8 Å². The predicted molar refractivity (Wildman–Crippen MR) is 102 cm³/mol. The zero-order chi connectivity index (χ0) is 19.5. The Morgan fingerprint density at radius 3 is 2.41 bits per heavy atom. The van der Waals surface area contributed by atoms with E-state index in [0.717, 1.165) is 30.6 Å². The molecule has 2 unspecified atom stereocenters. The van der Waals surface area contributed by atoms with E-state index in [1.807, 2.05) is 19.1 Å². The Kier molecular flexibility index (Phi) is 4.09. The second-order valence-corrected chi connectivity index (χ2v) is 8.71. The van der Waals surface area contributed by atoms with Gasteiger partial charge >= 0.3 is 0 Å². The Balaban J connectivity index is 1.86. The number of hydrogen-bond acceptors (Lipinski definition) is 5. The summed E-state index contributed by atoms with van der Waals surface area (Å²) in [5.41, 5.74) is 3.60. The summed E-state index contributed by atoms with van der Waals surface area (Å²) in [6.07, 6.45) is 2.08. The molecular weight excluding hydrogens is 342 g/mol. The molecule has 0 saturated heterocycles. The van der Waals surface area contributed by atoms with Gasteiger partial charge in [0.15, 0.2) is 23.1 Å². The minimum Gasteiger partial charge on any atom is -0.493 e. The van der Waals surface area contributed by atoms with Crippen molar-refractivity contribution >= 4 is 11.6 Å². The fraction of sp³-hybridized carbons (Fsp3) is 0.545. The summed E-state index contributed by atoms with van der Waals surface area (Å²) in [6.45, 7) is 6.98. The summed E-state index contributed by atoms with van der Waals surface area (Å²) in [4.78, 5) is 28.2. The third kappa shape index (κ3) is 2.67. The van der Waals surface area contributed by atoms with Crippen LogP contribution >= 0.6 is 0 Å². The van der Waals surface area contributed by atoms with Gasteiger partial charge in [0.05, 0.1) is 25.8 Å². The first-order valence-corrected chi connectivity index (χ1v) is 9.59. The molecular formula is C22H27NO4. The number of nitrogens with zero attached hydrogens (tertiary/aromatic N) is 1. The van der Waals surface area contributed by atoms with Crippen LogP contribution in [-0.2, 0) is 16.0 Å². The predicted octanol–water partition coefficient (Wildman–Crippen LogP) is 3.47. The Labute approximate surface area is 160 Å². The van der Waals surface area contributed by atoms with Gasteiger partial charge in [-0.2, -0.15) is 0 Å². The van der Waals surface area contributed by atoms with Gasteiger partial charge in [0.2, 0.25) is 0 Å². The molecule has 0 amide bonds. The van der Waals surface area contributed by atoms with Crippen molar-refractivity contribution in [2.24, 2.45) is 11.3 Å². The first-order valence-electron chi connectivity index (χ1n) is 9.59. The Morgan fingerprint density at radius 1 is 1.07 bits per heavy atom. The maximum atomic E-state index is 13.2. The average molecular weight is 369 g/mol. The molecule has 3 aliphatic rings. The van der Waals surface area contributed by atoms with E-state index in [0.29, 0.717) is 23.5 Å². The molecule has 4 rings (SSSR count). The van der Waals surface area contributed by atoms with Gasteiger partial charge in [-0.3, -0.25) is 9.59 Å². The lowest BCUT2D eigenvalue weighted by Crippen LogP contribution is -2.49. The fourth-order valence-electron chi connectivity index (χ4n) is 5.00. The van der Waals surface area contributed by atoms with E-state index in [9.17, 15) is 9.59 Å². The molecule has 2 atom stereocenters. The maximum absolute atomic E-state index is 13.2. The van der Waals surface area contributed by atoms with E-state index in [1.165, 1.54) is 5.56 Å². The molecule has 144 valence electrons. The topological polar surface area (TPSA) is 55.8 Å². The molecule has 0 spiro atoms. The molecule has 1 aromatic carbocycles. The smallest absolute Gasteiger partial charge is 0.173 e. The van der Waals surface area contributed by atoms with E-state index in [-0.39, 0.29) is 28.9 Å². The van der Waals surface area contributed by atoms with Crippen molar-refractivity contribution in [2.75, 3.05) is 20.8 Å². The SMILES string of the molecule is COc1cc2c(cc1OC)C1C(C)C(=O)C3=C(CC(C)(C)CC3=O)N1CC2. The minimum absolute atomic E-state index is 0.00520. The van der Waals surface area contributed by atoms with Gasteiger partial charge in [-0.05, 0) is 41.5 Å². The summed E-state index contributed by atoms with van der Waals surface area (Å²) in [5.74, 6) is 1.14. The number of hydrogen-bond donors (Lipinski definition) is 0. The number of fused-ring (bicyclic) bond motifs is 4. The third-order valence-electron chi connectivity index (χ3n) is 6.25. The fourth-order valence-corrected chi connectivity index (χ4v) is 5.00. The standard InChI is InChI=1S/C22H27NO4/c1-12-20-14-9-18(27-5)17(26-4)8-13(14)6-7-23(20)15-10-22(2,3)11-16(24)19(15)21(12)25/h8-9,12,20H,6-7,10-11H2,1-5H3. The highest BCUT2D eigenvalue weighted by Crippen LogP contribution is 2.50. The van der Waals surface area contributed by atoms with Gasteiger partial charge in [0.25, 0.3) is 0 Å². The van der Waals surface area contributed by atoms with Crippen molar-refractivity contribution in [1.82, 2.24) is 4.90 Å². The lowest BCUT2D eigenvalue weighted by atomic mass is 9.68. The van der Waals surface area contributed by atoms with Gasteiger partial charge in [-0.15, -0.1) is 0 Å². The zero-order valence-corrected chi connectivity index (χ0v) is 16.7. The minimum atomic E-state index is -0.258. The number of carbonyl (C=O) groups excluding carboxylic acids is 2. The molecule has 0 fully saturated rings. The molecule has 0 saturated carbocycles. The van der Waals surface area contributed by atoms with Crippen LogP contribution in [0.4, 0.5) is 0 Å². The molecule has 27 heavy (non-hydrogen) atoms. The van der Waals surface area contributed by atoms with Gasteiger partial charge < -0.3 is 14.4 Å². The molecule has 2 heterocycles. The van der Waals surface area contributed by atoms with Crippen molar-refractivity contribution in [3.8, 4) is 11.5 Å². The number of allylic oxidation sites excluding steroid dienone is 2. The largest absolute Gasteiger partial charge is 0.493 e. The Hall–Kier alpha value is -2.30. The van der Waals surface area contributed by atoms with E-state index in [4.69, 9.17) is 9.47 Å². The number of ether oxygens (including phenoxy) is 2. The van der Waals surface area contributed by atoms with Crippen LogP contribution in [0.25, 0.3) is 0 Å². The van der Waals surface area contributed by atoms with E-state index < -0.39 is 0 Å². The van der Waals surface area contributed by atoms with Crippen LogP contribution in [0.15, 0.2) is 23.4 Å². The van der Waals surface area contributed by atoms with Gasteiger partial charge in [-0.25, -0.2) is 0 Å². The molecule has 0 aromatic heterocycles. The summed E-state index contributed by atoms with van der Waals surface area (Å²) in [6, 6.07) is 3.99. The number of benzene rings is 1. The van der Waals surface area contributed by atoms with Crippen molar-refractivity contribution in [2.45, 2.75) is 46.1 Å². The normalized spacial score (nSPS) is 26.3. The first kappa shape index (κ1) is 18.1. The highest BCUT2D eigenvalue weighted by atomic mass is 16.5. The highest BCUT2D eigenvalue weighted by Gasteiger charge is 2.48. The van der Waals surface area contributed by atoms with Gasteiger partial charge in [0.1, 0.15) is 0 Å². The van der Waals surface area contributed by atoms with Crippen molar-refractivity contribution in [1.29, 1.82) is 0 Å². The number of methoxy groups -OCH3 is 2. The van der Waals surface area contributed by atoms with Crippen LogP contribution in [0.2, 0.25) is 0 Å². The Morgan fingerprint density at radius 2 is 1.74 bits per heavy atom. The van der Waals surface area contributed by atoms with Crippen LogP contribution in [0.1, 0.15) is 50.8 Å². The van der Waals surface area contributed by atoms with E-state index in [2.05, 4.69) is 18.7 Å². The van der Waals surface area contributed by atoms with Crippen LogP contribution in [0.5, 0.6) is 11.5 Å². The lowest BCUT2D eigenvalue weighted by Gasteiger charge is -2.49. The van der Waals surface area contributed by atoms with Crippen molar-refractivity contribution < 1.29 is 19.1 Å². The van der Waals surface area contributed by atoms with Crippen LogP contribution in [0, 0.1) is 11.3 Å². The monoisotopic (exact) mass is 369 g/mol. The van der Waals surface area contributed by atoms with Crippen LogP contribution in [0.3, 0.4) is 0 Å². The number of rotatable bonds is 2. The van der Waals surface area contributed by atoms with Gasteiger partial charge in [0, 0.05) is 24.6 Å². The number of carbonyl (C=O) groups is 2. The molecule has 0 bridgehead atoms. The maximum Gasteiger partial charge on any atom is 0.173 e. The molecule has 1 aromatic rings.